The van der Waals surface area contributed by atoms with Gasteiger partial charge in [0.1, 0.15) is 6.61 Å². The van der Waals surface area contributed by atoms with Crippen LogP contribution in [0.3, 0.4) is 0 Å². The fourth-order valence-electron chi connectivity index (χ4n) is 1.39. The zero-order chi connectivity index (χ0) is 12.9. The van der Waals surface area contributed by atoms with Crippen LogP contribution < -0.4 is 10.5 Å². The number of aromatic nitrogens is 1. The number of hydrogen-bond donors (Lipinski definition) is 1. The minimum absolute atomic E-state index is 0.133. The summed E-state index contributed by atoms with van der Waals surface area (Å²) in [6.07, 6.45) is 0. The van der Waals surface area contributed by atoms with Gasteiger partial charge >= 0.3 is 0 Å². The highest BCUT2D eigenvalue weighted by atomic mass is 16.5. The highest BCUT2D eigenvalue weighted by Crippen LogP contribution is 2.12. The quantitative estimate of drug-likeness (QED) is 0.798. The third-order valence-electron chi connectivity index (χ3n) is 2.09. The van der Waals surface area contributed by atoms with Gasteiger partial charge in [-0.25, -0.2) is 4.98 Å². The highest BCUT2D eigenvalue weighted by molar-refractivity contribution is 5.24. The maximum atomic E-state index is 5.59. The van der Waals surface area contributed by atoms with Crippen molar-refractivity contribution in [3.8, 4) is 5.88 Å². The lowest BCUT2D eigenvalue weighted by Gasteiger charge is -2.19. The number of rotatable bonds is 5. The van der Waals surface area contributed by atoms with Crippen LogP contribution in [0.15, 0.2) is 12.1 Å². The van der Waals surface area contributed by atoms with Crippen molar-refractivity contribution in [1.29, 1.82) is 0 Å². The van der Waals surface area contributed by atoms with E-state index in [0.717, 1.165) is 11.3 Å². The summed E-state index contributed by atoms with van der Waals surface area (Å²) >= 11 is 0. The molecule has 4 nitrogen and oxygen atoms in total. The minimum Gasteiger partial charge on any atom is -0.475 e. The molecule has 0 aliphatic rings. The molecule has 0 aromatic carbocycles. The monoisotopic (exact) mass is 238 g/mol. The Hall–Kier alpha value is -1.13. The molecule has 0 saturated carbocycles. The van der Waals surface area contributed by atoms with Crippen molar-refractivity contribution in [2.75, 3.05) is 13.2 Å². The molecule has 4 heteroatoms. The number of nitrogens with zero attached hydrogens (tertiary/aromatic N) is 1. The van der Waals surface area contributed by atoms with Crippen molar-refractivity contribution in [2.45, 2.75) is 39.8 Å². The van der Waals surface area contributed by atoms with Gasteiger partial charge in [0.2, 0.25) is 5.88 Å². The fraction of sp³-hybridized carbons (Fsp3) is 0.615. The Morgan fingerprint density at radius 1 is 1.24 bits per heavy atom. The Bertz CT molecular complexity index is 359. The Kier molecular flexibility index (Phi) is 4.90. The molecule has 0 fully saturated rings. The van der Waals surface area contributed by atoms with Crippen molar-refractivity contribution in [3.05, 3.63) is 23.4 Å². The summed E-state index contributed by atoms with van der Waals surface area (Å²) in [6.45, 7) is 9.53. The van der Waals surface area contributed by atoms with Crippen molar-refractivity contribution < 1.29 is 9.47 Å². The van der Waals surface area contributed by atoms with E-state index < -0.39 is 0 Å². The maximum absolute atomic E-state index is 5.59. The number of ether oxygens (including phenoxy) is 2. The van der Waals surface area contributed by atoms with E-state index in [0.29, 0.717) is 25.6 Å². The van der Waals surface area contributed by atoms with E-state index in [4.69, 9.17) is 15.2 Å². The second kappa shape index (κ2) is 5.98. The van der Waals surface area contributed by atoms with E-state index in [-0.39, 0.29) is 5.60 Å². The van der Waals surface area contributed by atoms with Crippen molar-refractivity contribution >= 4 is 0 Å². The Labute approximate surface area is 103 Å². The maximum Gasteiger partial charge on any atom is 0.213 e. The van der Waals surface area contributed by atoms with Crippen LogP contribution >= 0.6 is 0 Å². The zero-order valence-corrected chi connectivity index (χ0v) is 11.1. The van der Waals surface area contributed by atoms with Gasteiger partial charge in [0.15, 0.2) is 0 Å². The first-order valence-corrected chi connectivity index (χ1v) is 5.85. The Morgan fingerprint density at radius 2 is 1.94 bits per heavy atom. The van der Waals surface area contributed by atoms with Crippen molar-refractivity contribution in [3.63, 3.8) is 0 Å². The van der Waals surface area contributed by atoms with Gasteiger partial charge in [0.25, 0.3) is 0 Å². The largest absolute Gasteiger partial charge is 0.475 e. The SMILES string of the molecule is Cc1cc(CN)cc(OCCOC(C)(C)C)n1. The first-order valence-electron chi connectivity index (χ1n) is 5.85. The lowest BCUT2D eigenvalue weighted by atomic mass is 10.2. The molecule has 0 amide bonds. The molecule has 0 spiro atoms. The smallest absolute Gasteiger partial charge is 0.213 e. The van der Waals surface area contributed by atoms with E-state index >= 15 is 0 Å². The summed E-state index contributed by atoms with van der Waals surface area (Å²) in [5.74, 6) is 0.614. The molecule has 1 aromatic heterocycles. The summed E-state index contributed by atoms with van der Waals surface area (Å²) in [5, 5.41) is 0. The minimum atomic E-state index is -0.133. The van der Waals surface area contributed by atoms with Gasteiger partial charge in [-0.3, -0.25) is 0 Å². The van der Waals surface area contributed by atoms with Crippen LogP contribution in [-0.2, 0) is 11.3 Å². The summed E-state index contributed by atoms with van der Waals surface area (Å²) < 4.78 is 11.1. The molecule has 0 aliphatic heterocycles. The molecule has 0 atom stereocenters. The zero-order valence-electron chi connectivity index (χ0n) is 11.1. The van der Waals surface area contributed by atoms with Gasteiger partial charge in [-0.1, -0.05) is 0 Å². The molecule has 1 rings (SSSR count). The normalized spacial score (nSPS) is 11.6. The molecule has 0 radical (unpaired) electrons. The van der Waals surface area contributed by atoms with Crippen LogP contribution in [0.5, 0.6) is 5.88 Å². The highest BCUT2D eigenvalue weighted by Gasteiger charge is 2.09. The van der Waals surface area contributed by atoms with Crippen molar-refractivity contribution in [2.24, 2.45) is 5.73 Å². The summed E-state index contributed by atoms with van der Waals surface area (Å²) in [5.41, 5.74) is 7.41. The number of pyridine rings is 1. The molecule has 0 unspecified atom stereocenters. The van der Waals surface area contributed by atoms with Gasteiger partial charge in [-0.2, -0.15) is 0 Å². The average Bonchev–Trinajstić information content (AvgIpc) is 2.22. The fourth-order valence-corrected chi connectivity index (χ4v) is 1.39. The van der Waals surface area contributed by atoms with Crippen molar-refractivity contribution in [1.82, 2.24) is 4.98 Å². The Morgan fingerprint density at radius 3 is 2.53 bits per heavy atom. The van der Waals surface area contributed by atoms with E-state index in [2.05, 4.69) is 4.98 Å². The van der Waals surface area contributed by atoms with Gasteiger partial charge in [-0.05, 0) is 39.3 Å². The lowest BCUT2D eigenvalue weighted by Crippen LogP contribution is -2.22. The molecule has 1 aromatic rings. The predicted octanol–water partition coefficient (Wildman–Crippen LogP) is 2.04. The molecule has 0 bridgehead atoms. The van der Waals surface area contributed by atoms with E-state index in [1.807, 2.05) is 39.8 Å². The average molecular weight is 238 g/mol. The Balaban J connectivity index is 2.44. The third kappa shape index (κ3) is 5.65. The first kappa shape index (κ1) is 13.9. The summed E-state index contributed by atoms with van der Waals surface area (Å²) in [7, 11) is 0. The number of nitrogens with two attached hydrogens (primary N) is 1. The van der Waals surface area contributed by atoms with E-state index in [1.165, 1.54) is 0 Å². The molecule has 0 aliphatic carbocycles. The molecule has 17 heavy (non-hydrogen) atoms. The second-order valence-electron chi connectivity index (χ2n) is 4.97. The summed E-state index contributed by atoms with van der Waals surface area (Å²) in [6, 6.07) is 3.82. The predicted molar refractivity (Wildman–Crippen MR) is 68.1 cm³/mol. The number of hydrogen-bond acceptors (Lipinski definition) is 4. The third-order valence-corrected chi connectivity index (χ3v) is 2.09. The van der Waals surface area contributed by atoms with Crippen LogP contribution in [0.1, 0.15) is 32.0 Å². The van der Waals surface area contributed by atoms with Gasteiger partial charge in [0, 0.05) is 18.3 Å². The number of aryl methyl sites for hydroxylation is 1. The standard InChI is InChI=1S/C13H22N2O2/c1-10-7-11(9-14)8-12(15-10)16-5-6-17-13(2,3)4/h7-8H,5-6,9,14H2,1-4H3. The van der Waals surface area contributed by atoms with Crippen LogP contribution in [0.2, 0.25) is 0 Å². The molecule has 2 N–H and O–H groups in total. The van der Waals surface area contributed by atoms with E-state index in [9.17, 15) is 0 Å². The first-order chi connectivity index (χ1) is 7.90. The van der Waals surface area contributed by atoms with Crippen LogP contribution in [0, 0.1) is 6.92 Å². The van der Waals surface area contributed by atoms with Crippen LogP contribution in [-0.4, -0.2) is 23.8 Å². The second-order valence-corrected chi connectivity index (χ2v) is 4.97. The van der Waals surface area contributed by atoms with Crippen LogP contribution in [0.4, 0.5) is 0 Å². The summed E-state index contributed by atoms with van der Waals surface area (Å²) in [4.78, 5) is 4.28. The van der Waals surface area contributed by atoms with Gasteiger partial charge in [0.05, 0.1) is 12.2 Å². The molecule has 1 heterocycles. The topological polar surface area (TPSA) is 57.4 Å². The molecule has 96 valence electrons. The van der Waals surface area contributed by atoms with Crippen LogP contribution in [0.25, 0.3) is 0 Å². The lowest BCUT2D eigenvalue weighted by molar-refractivity contribution is -0.0168. The molecular weight excluding hydrogens is 216 g/mol. The molecule has 0 saturated heterocycles. The van der Waals surface area contributed by atoms with Gasteiger partial charge in [-0.15, -0.1) is 0 Å². The van der Waals surface area contributed by atoms with E-state index in [1.54, 1.807) is 0 Å². The van der Waals surface area contributed by atoms with Gasteiger partial charge < -0.3 is 15.2 Å². The molecular formula is C13H22N2O2.